The highest BCUT2D eigenvalue weighted by Gasteiger charge is 2.00. The molecule has 0 unspecified atom stereocenters. The summed E-state index contributed by atoms with van der Waals surface area (Å²) < 4.78 is 9.33. The van der Waals surface area contributed by atoms with E-state index in [1.54, 1.807) is 0 Å². The van der Waals surface area contributed by atoms with Crippen LogP contribution in [-0.4, -0.2) is 19.4 Å². The van der Waals surface area contributed by atoms with E-state index in [9.17, 15) is 4.79 Å². The second-order valence-electron chi connectivity index (χ2n) is 2.41. The molecule has 0 rings (SSSR count). The normalized spacial score (nSPS) is 8.38. The summed E-state index contributed by atoms with van der Waals surface area (Å²) in [6.07, 6.45) is 4.00. The fraction of sp³-hybridized carbons (Fsp3) is 0.667. The molecule has 0 fully saturated rings. The van der Waals surface area contributed by atoms with Gasteiger partial charge in [-0.25, -0.2) is 4.79 Å². The SMILES string of the molecule is C=CCOC(=O)OCCCCC.N. The Labute approximate surface area is 79.5 Å². The lowest BCUT2D eigenvalue weighted by atomic mass is 10.3. The summed E-state index contributed by atoms with van der Waals surface area (Å²) in [6, 6.07) is 0. The summed E-state index contributed by atoms with van der Waals surface area (Å²) in [4.78, 5) is 10.7. The standard InChI is InChI=1S/C9H16O3.H3N/c1-3-5-6-8-12-9(10)11-7-4-2;/h4H,2-3,5-8H2,1H3;1H3. The molecule has 0 spiro atoms. The van der Waals surface area contributed by atoms with Crippen LogP contribution in [0, 0.1) is 0 Å². The molecule has 4 heteroatoms. The van der Waals surface area contributed by atoms with Crippen LogP contribution in [0.15, 0.2) is 12.7 Å². The van der Waals surface area contributed by atoms with Gasteiger partial charge in [-0.15, -0.1) is 0 Å². The average molecular weight is 189 g/mol. The molecule has 0 amide bonds. The number of ether oxygens (including phenoxy) is 2. The van der Waals surface area contributed by atoms with Crippen LogP contribution in [0.25, 0.3) is 0 Å². The zero-order chi connectivity index (χ0) is 9.23. The van der Waals surface area contributed by atoms with Crippen LogP contribution in [0.3, 0.4) is 0 Å². The summed E-state index contributed by atoms with van der Waals surface area (Å²) in [6.45, 7) is 6.17. The van der Waals surface area contributed by atoms with Gasteiger partial charge in [-0.05, 0) is 6.42 Å². The van der Waals surface area contributed by atoms with Crippen molar-refractivity contribution in [1.82, 2.24) is 6.15 Å². The first-order valence-electron chi connectivity index (χ1n) is 4.21. The maximum atomic E-state index is 10.7. The fourth-order valence-electron chi connectivity index (χ4n) is 0.676. The molecule has 3 N–H and O–H groups in total. The quantitative estimate of drug-likeness (QED) is 0.396. The van der Waals surface area contributed by atoms with Gasteiger partial charge in [0, 0.05) is 0 Å². The number of hydrogen-bond acceptors (Lipinski definition) is 4. The molecule has 0 aliphatic carbocycles. The van der Waals surface area contributed by atoms with Crippen LogP contribution < -0.4 is 6.15 Å². The van der Waals surface area contributed by atoms with Crippen LogP contribution in [0.2, 0.25) is 0 Å². The van der Waals surface area contributed by atoms with Gasteiger partial charge in [-0.2, -0.15) is 0 Å². The number of carbonyl (C=O) groups excluding carboxylic acids is 1. The molecule has 0 atom stereocenters. The monoisotopic (exact) mass is 189 g/mol. The van der Waals surface area contributed by atoms with E-state index < -0.39 is 6.16 Å². The lowest BCUT2D eigenvalue weighted by Crippen LogP contribution is -2.08. The first-order chi connectivity index (χ1) is 5.81. The molecular weight excluding hydrogens is 170 g/mol. The Morgan fingerprint density at radius 3 is 2.62 bits per heavy atom. The van der Waals surface area contributed by atoms with Crippen molar-refractivity contribution in [2.45, 2.75) is 26.2 Å². The molecule has 0 saturated carbocycles. The molecule has 0 aromatic rings. The Morgan fingerprint density at radius 2 is 2.08 bits per heavy atom. The maximum Gasteiger partial charge on any atom is 0.508 e. The predicted molar refractivity (Wildman–Crippen MR) is 52.0 cm³/mol. The minimum Gasteiger partial charge on any atom is -0.434 e. The van der Waals surface area contributed by atoms with E-state index in [1.165, 1.54) is 6.08 Å². The van der Waals surface area contributed by atoms with Gasteiger partial charge in [0.05, 0.1) is 6.61 Å². The molecule has 0 aromatic carbocycles. The molecular formula is C9H19NO3. The van der Waals surface area contributed by atoms with Gasteiger partial charge in [0.15, 0.2) is 0 Å². The Kier molecular flexibility index (Phi) is 12.2. The summed E-state index contributed by atoms with van der Waals surface area (Å²) in [5.74, 6) is 0. The Balaban J connectivity index is 0. The van der Waals surface area contributed by atoms with Gasteiger partial charge in [0.25, 0.3) is 0 Å². The van der Waals surface area contributed by atoms with Crippen molar-refractivity contribution in [2.24, 2.45) is 0 Å². The van der Waals surface area contributed by atoms with Gasteiger partial charge in [0.2, 0.25) is 0 Å². The number of unbranched alkanes of at least 4 members (excludes halogenated alkanes) is 2. The van der Waals surface area contributed by atoms with E-state index in [-0.39, 0.29) is 12.8 Å². The largest absolute Gasteiger partial charge is 0.508 e. The topological polar surface area (TPSA) is 70.5 Å². The van der Waals surface area contributed by atoms with Crippen LogP contribution in [-0.2, 0) is 9.47 Å². The average Bonchev–Trinajstić information content (AvgIpc) is 2.09. The first-order valence-corrected chi connectivity index (χ1v) is 4.21. The van der Waals surface area contributed by atoms with E-state index in [1.807, 2.05) is 0 Å². The van der Waals surface area contributed by atoms with Gasteiger partial charge >= 0.3 is 6.16 Å². The highest BCUT2D eigenvalue weighted by Crippen LogP contribution is 1.95. The van der Waals surface area contributed by atoms with Crippen LogP contribution in [0.4, 0.5) is 4.79 Å². The van der Waals surface area contributed by atoms with E-state index in [2.05, 4.69) is 18.2 Å². The molecule has 0 saturated heterocycles. The second-order valence-corrected chi connectivity index (χ2v) is 2.41. The molecule has 78 valence electrons. The van der Waals surface area contributed by atoms with Gasteiger partial charge < -0.3 is 15.6 Å². The van der Waals surface area contributed by atoms with Gasteiger partial charge in [-0.1, -0.05) is 32.4 Å². The molecule has 0 bridgehead atoms. The molecule has 0 aromatic heterocycles. The van der Waals surface area contributed by atoms with Crippen molar-refractivity contribution in [3.05, 3.63) is 12.7 Å². The summed E-state index contributed by atoms with van der Waals surface area (Å²) in [5.41, 5.74) is 0. The Morgan fingerprint density at radius 1 is 1.38 bits per heavy atom. The van der Waals surface area contributed by atoms with Crippen LogP contribution in [0.5, 0.6) is 0 Å². The molecule has 0 aliphatic heterocycles. The number of hydrogen-bond donors (Lipinski definition) is 1. The van der Waals surface area contributed by atoms with Crippen molar-refractivity contribution in [2.75, 3.05) is 13.2 Å². The first kappa shape index (κ1) is 14.5. The minimum atomic E-state index is -0.606. The third-order valence-corrected chi connectivity index (χ3v) is 1.29. The lowest BCUT2D eigenvalue weighted by molar-refractivity contribution is 0.0621. The van der Waals surface area contributed by atoms with Crippen molar-refractivity contribution < 1.29 is 14.3 Å². The predicted octanol–water partition coefficient (Wildman–Crippen LogP) is 2.68. The number of rotatable bonds is 6. The molecule has 13 heavy (non-hydrogen) atoms. The minimum absolute atomic E-state index is 0. The van der Waals surface area contributed by atoms with Gasteiger partial charge in [0.1, 0.15) is 6.61 Å². The third-order valence-electron chi connectivity index (χ3n) is 1.29. The van der Waals surface area contributed by atoms with E-state index in [4.69, 9.17) is 4.74 Å². The maximum absolute atomic E-state index is 10.7. The Bertz CT molecular complexity index is 137. The van der Waals surface area contributed by atoms with Crippen LogP contribution >= 0.6 is 0 Å². The fourth-order valence-corrected chi connectivity index (χ4v) is 0.676. The number of carbonyl (C=O) groups is 1. The third kappa shape index (κ3) is 11.0. The van der Waals surface area contributed by atoms with Gasteiger partial charge in [-0.3, -0.25) is 0 Å². The van der Waals surface area contributed by atoms with Crippen LogP contribution in [0.1, 0.15) is 26.2 Å². The van der Waals surface area contributed by atoms with Crippen molar-refractivity contribution in [3.63, 3.8) is 0 Å². The highest BCUT2D eigenvalue weighted by atomic mass is 16.7. The summed E-state index contributed by atoms with van der Waals surface area (Å²) >= 11 is 0. The molecule has 0 aliphatic rings. The zero-order valence-corrected chi connectivity index (χ0v) is 8.25. The zero-order valence-electron chi connectivity index (χ0n) is 8.25. The molecule has 0 radical (unpaired) electrons. The smallest absolute Gasteiger partial charge is 0.434 e. The van der Waals surface area contributed by atoms with Crippen molar-refractivity contribution in [3.8, 4) is 0 Å². The van der Waals surface area contributed by atoms with E-state index >= 15 is 0 Å². The lowest BCUT2D eigenvalue weighted by Gasteiger charge is -2.02. The molecule has 4 nitrogen and oxygen atoms in total. The molecule has 0 heterocycles. The summed E-state index contributed by atoms with van der Waals surface area (Å²) in [5, 5.41) is 0. The van der Waals surface area contributed by atoms with Crippen molar-refractivity contribution >= 4 is 6.16 Å². The summed E-state index contributed by atoms with van der Waals surface area (Å²) in [7, 11) is 0. The Hall–Kier alpha value is -1.03. The van der Waals surface area contributed by atoms with E-state index in [0.717, 1.165) is 19.3 Å². The van der Waals surface area contributed by atoms with Crippen molar-refractivity contribution in [1.29, 1.82) is 0 Å². The second kappa shape index (κ2) is 11.0. The van der Waals surface area contributed by atoms with E-state index in [0.29, 0.717) is 6.61 Å². The highest BCUT2D eigenvalue weighted by molar-refractivity contribution is 5.59.